The number of benzene rings is 1. The number of nitrogens with one attached hydrogen (secondary N) is 1. The van der Waals surface area contributed by atoms with E-state index in [1.165, 1.54) is 11.3 Å². The number of rotatable bonds is 6. The monoisotopic (exact) mass is 332 g/mol. The molecule has 0 atom stereocenters. The molecule has 2 heterocycles. The zero-order valence-electron chi connectivity index (χ0n) is 12.2. The van der Waals surface area contributed by atoms with E-state index in [4.69, 9.17) is 4.74 Å². The van der Waals surface area contributed by atoms with Crippen LogP contribution in [0.3, 0.4) is 0 Å². The van der Waals surface area contributed by atoms with Crippen molar-refractivity contribution in [1.82, 2.24) is 9.97 Å². The summed E-state index contributed by atoms with van der Waals surface area (Å²) in [5.41, 5.74) is 1.89. The number of hydrogen-bond acceptors (Lipinski definition) is 5. The highest BCUT2D eigenvalue weighted by molar-refractivity contribution is 7.97. The molecule has 3 aromatic rings. The van der Waals surface area contributed by atoms with Crippen molar-refractivity contribution in [2.24, 2.45) is 0 Å². The molecule has 0 aliphatic carbocycles. The lowest BCUT2D eigenvalue weighted by molar-refractivity contribution is 0.337. The molecule has 2 aromatic heterocycles. The van der Waals surface area contributed by atoms with Gasteiger partial charge < -0.3 is 9.72 Å². The fourth-order valence-electron chi connectivity index (χ4n) is 2.17. The molecule has 1 aromatic carbocycles. The summed E-state index contributed by atoms with van der Waals surface area (Å²) in [7, 11) is 0. The van der Waals surface area contributed by atoms with E-state index in [2.05, 4.69) is 16.0 Å². The van der Waals surface area contributed by atoms with Crippen LogP contribution in [0.5, 0.6) is 5.75 Å². The first-order chi connectivity index (χ1) is 10.8. The summed E-state index contributed by atoms with van der Waals surface area (Å²) in [5.74, 6) is 3.13. The van der Waals surface area contributed by atoms with Gasteiger partial charge >= 0.3 is 0 Å². The number of para-hydroxylation sites is 1. The number of fused-ring (bicyclic) bond motifs is 1. The number of aromatic nitrogens is 2. The minimum absolute atomic E-state index is 0.0506. The van der Waals surface area contributed by atoms with Gasteiger partial charge in [0.1, 0.15) is 16.3 Å². The van der Waals surface area contributed by atoms with Crippen LogP contribution in [-0.2, 0) is 11.5 Å². The van der Waals surface area contributed by atoms with E-state index in [-0.39, 0.29) is 5.56 Å². The number of nitrogens with zero attached hydrogens (tertiary/aromatic N) is 1. The van der Waals surface area contributed by atoms with Gasteiger partial charge in [0, 0.05) is 11.3 Å². The first kappa shape index (κ1) is 15.1. The van der Waals surface area contributed by atoms with Gasteiger partial charge in [-0.15, -0.1) is 23.1 Å². The van der Waals surface area contributed by atoms with Crippen molar-refractivity contribution in [3.05, 3.63) is 57.5 Å². The largest absolute Gasteiger partial charge is 0.494 e. The maximum atomic E-state index is 11.9. The lowest BCUT2D eigenvalue weighted by Gasteiger charge is -2.09. The van der Waals surface area contributed by atoms with Crippen LogP contribution in [0.15, 0.2) is 40.5 Å². The van der Waals surface area contributed by atoms with E-state index in [0.717, 1.165) is 28.4 Å². The average Bonchev–Trinajstić information content (AvgIpc) is 2.98. The number of aromatic amines is 1. The minimum atomic E-state index is -0.0506. The van der Waals surface area contributed by atoms with Gasteiger partial charge in [-0.05, 0) is 24.4 Å². The first-order valence-electron chi connectivity index (χ1n) is 7.02. The van der Waals surface area contributed by atoms with Crippen LogP contribution in [0, 0.1) is 0 Å². The number of ether oxygens (including phenoxy) is 1. The molecule has 0 unspecified atom stereocenters. The van der Waals surface area contributed by atoms with E-state index < -0.39 is 0 Å². The summed E-state index contributed by atoms with van der Waals surface area (Å²) >= 11 is 3.13. The third-order valence-electron chi connectivity index (χ3n) is 3.13. The SMILES string of the molecule is CCOc1ccccc1CSCc1nc2ccsc2c(=O)[nH]1. The molecule has 0 bridgehead atoms. The van der Waals surface area contributed by atoms with Gasteiger partial charge in [-0.2, -0.15) is 0 Å². The van der Waals surface area contributed by atoms with Crippen molar-refractivity contribution in [1.29, 1.82) is 0 Å². The summed E-state index contributed by atoms with van der Waals surface area (Å²) in [5, 5.41) is 1.89. The van der Waals surface area contributed by atoms with Crippen LogP contribution in [0.1, 0.15) is 18.3 Å². The molecule has 0 fully saturated rings. The Hall–Kier alpha value is -1.79. The molecule has 4 nitrogen and oxygen atoms in total. The van der Waals surface area contributed by atoms with Crippen molar-refractivity contribution in [3.63, 3.8) is 0 Å². The van der Waals surface area contributed by atoms with Gasteiger partial charge in [-0.25, -0.2) is 4.98 Å². The molecule has 0 saturated heterocycles. The molecule has 22 heavy (non-hydrogen) atoms. The topological polar surface area (TPSA) is 55.0 Å². The Morgan fingerprint density at radius 3 is 3.00 bits per heavy atom. The fourth-order valence-corrected chi connectivity index (χ4v) is 3.78. The number of thioether (sulfide) groups is 1. The van der Waals surface area contributed by atoms with E-state index in [9.17, 15) is 4.79 Å². The summed E-state index contributed by atoms with van der Waals surface area (Å²) < 4.78 is 6.31. The maximum absolute atomic E-state index is 11.9. The molecule has 0 radical (unpaired) electrons. The summed E-state index contributed by atoms with van der Waals surface area (Å²) in [6.07, 6.45) is 0. The highest BCUT2D eigenvalue weighted by atomic mass is 32.2. The molecule has 6 heteroatoms. The second-order valence-corrected chi connectivity index (χ2v) is 6.58. The van der Waals surface area contributed by atoms with Crippen LogP contribution in [-0.4, -0.2) is 16.6 Å². The van der Waals surface area contributed by atoms with E-state index in [1.54, 1.807) is 11.8 Å². The van der Waals surface area contributed by atoms with Crippen LogP contribution in [0.2, 0.25) is 0 Å². The Labute approximate surface area is 136 Å². The van der Waals surface area contributed by atoms with Gasteiger partial charge in [-0.1, -0.05) is 18.2 Å². The van der Waals surface area contributed by atoms with Crippen molar-refractivity contribution < 1.29 is 4.74 Å². The van der Waals surface area contributed by atoms with E-state index in [0.29, 0.717) is 17.1 Å². The molecule has 0 saturated carbocycles. The smallest absolute Gasteiger partial charge is 0.268 e. The van der Waals surface area contributed by atoms with Crippen molar-refractivity contribution in [2.75, 3.05) is 6.61 Å². The zero-order chi connectivity index (χ0) is 15.4. The Bertz CT molecular complexity index is 826. The number of hydrogen-bond donors (Lipinski definition) is 1. The molecule has 0 amide bonds. The van der Waals surface area contributed by atoms with Crippen LogP contribution in [0.4, 0.5) is 0 Å². The van der Waals surface area contributed by atoms with Crippen LogP contribution < -0.4 is 10.3 Å². The summed E-state index contributed by atoms with van der Waals surface area (Å²) in [4.78, 5) is 19.3. The Balaban J connectivity index is 1.68. The highest BCUT2D eigenvalue weighted by Crippen LogP contribution is 2.24. The van der Waals surface area contributed by atoms with E-state index in [1.807, 2.05) is 36.6 Å². The predicted octanol–water partition coefficient (Wildman–Crippen LogP) is 3.82. The zero-order valence-corrected chi connectivity index (χ0v) is 13.8. The summed E-state index contributed by atoms with van der Waals surface area (Å²) in [6.45, 7) is 2.64. The molecule has 0 aliphatic heterocycles. The van der Waals surface area contributed by atoms with Crippen molar-refractivity contribution >= 4 is 33.3 Å². The molecular formula is C16H16N2O2S2. The molecule has 0 aliphatic rings. The molecule has 114 valence electrons. The number of H-pyrrole nitrogens is 1. The fraction of sp³-hybridized carbons (Fsp3) is 0.250. The minimum Gasteiger partial charge on any atom is -0.494 e. The van der Waals surface area contributed by atoms with Gasteiger partial charge in [0.25, 0.3) is 5.56 Å². The van der Waals surface area contributed by atoms with Gasteiger partial charge in [0.05, 0.1) is 17.9 Å². The highest BCUT2D eigenvalue weighted by Gasteiger charge is 2.06. The molecule has 1 N–H and O–H groups in total. The van der Waals surface area contributed by atoms with Crippen LogP contribution >= 0.6 is 23.1 Å². The van der Waals surface area contributed by atoms with Crippen molar-refractivity contribution in [2.45, 2.75) is 18.4 Å². The average molecular weight is 332 g/mol. The van der Waals surface area contributed by atoms with Gasteiger partial charge in [0.2, 0.25) is 0 Å². The lowest BCUT2D eigenvalue weighted by atomic mass is 10.2. The Kier molecular flexibility index (Phi) is 4.80. The Morgan fingerprint density at radius 1 is 1.27 bits per heavy atom. The van der Waals surface area contributed by atoms with E-state index >= 15 is 0 Å². The third-order valence-corrected chi connectivity index (χ3v) is 5.03. The summed E-state index contributed by atoms with van der Waals surface area (Å²) in [6, 6.07) is 9.92. The maximum Gasteiger partial charge on any atom is 0.268 e. The molecule has 0 spiro atoms. The third kappa shape index (κ3) is 3.34. The first-order valence-corrected chi connectivity index (χ1v) is 9.06. The molecule has 3 rings (SSSR count). The second-order valence-electron chi connectivity index (χ2n) is 4.68. The molecular weight excluding hydrogens is 316 g/mol. The lowest BCUT2D eigenvalue weighted by Crippen LogP contribution is -2.09. The normalized spacial score (nSPS) is 11.0. The Morgan fingerprint density at radius 2 is 2.14 bits per heavy atom. The number of thiophene rings is 1. The predicted molar refractivity (Wildman–Crippen MR) is 92.9 cm³/mol. The quantitative estimate of drug-likeness (QED) is 0.745. The standard InChI is InChI=1S/C16H16N2O2S2/c1-2-20-13-6-4-3-5-11(13)9-21-10-14-17-12-7-8-22-15(12)16(19)18-14/h3-8H,2,9-10H2,1H3,(H,17,18,19). The second kappa shape index (κ2) is 6.98. The van der Waals surface area contributed by atoms with Gasteiger partial charge in [-0.3, -0.25) is 4.79 Å². The van der Waals surface area contributed by atoms with Gasteiger partial charge in [0.15, 0.2) is 0 Å². The van der Waals surface area contributed by atoms with Crippen molar-refractivity contribution in [3.8, 4) is 5.75 Å². The van der Waals surface area contributed by atoms with Crippen LogP contribution in [0.25, 0.3) is 10.2 Å².